The third-order valence-corrected chi connectivity index (χ3v) is 6.78. The lowest BCUT2D eigenvalue weighted by Gasteiger charge is -2.37. The van der Waals surface area contributed by atoms with Gasteiger partial charge in [-0.15, -0.1) is 0 Å². The number of allylic oxidation sites excluding steroid dienone is 1. The van der Waals surface area contributed by atoms with Crippen molar-refractivity contribution in [3.8, 4) is 11.4 Å². The molecular formula is C24H24N2O. The van der Waals surface area contributed by atoms with Crippen molar-refractivity contribution in [1.82, 2.24) is 9.55 Å². The summed E-state index contributed by atoms with van der Waals surface area (Å²) in [4.78, 5) is 18.3. The van der Waals surface area contributed by atoms with Crippen molar-refractivity contribution < 1.29 is 0 Å². The monoisotopic (exact) mass is 356 g/mol. The Labute approximate surface area is 159 Å². The minimum absolute atomic E-state index is 0.126. The Kier molecular flexibility index (Phi) is 3.31. The molecule has 0 saturated heterocycles. The molecule has 1 aliphatic carbocycles. The van der Waals surface area contributed by atoms with Crippen LogP contribution in [0.2, 0.25) is 0 Å². The molecule has 3 aromatic rings. The van der Waals surface area contributed by atoms with Crippen LogP contribution in [0, 0.1) is 6.92 Å². The number of fused-ring (bicyclic) bond motifs is 5. The number of rotatable bonds is 1. The average Bonchev–Trinajstić information content (AvgIpc) is 3.01. The van der Waals surface area contributed by atoms with E-state index in [1.807, 2.05) is 4.57 Å². The zero-order valence-electron chi connectivity index (χ0n) is 16.2. The van der Waals surface area contributed by atoms with Crippen LogP contribution in [0.4, 0.5) is 0 Å². The summed E-state index contributed by atoms with van der Waals surface area (Å²) in [6, 6.07) is 10.8. The molecule has 0 amide bonds. The predicted octanol–water partition coefficient (Wildman–Crippen LogP) is 4.90. The topological polar surface area (TPSA) is 34.9 Å². The number of nitrogens with zero attached hydrogens (tertiary/aromatic N) is 2. The van der Waals surface area contributed by atoms with Gasteiger partial charge in [0.1, 0.15) is 0 Å². The molecule has 3 heteroatoms. The van der Waals surface area contributed by atoms with E-state index in [-0.39, 0.29) is 11.0 Å². The highest BCUT2D eigenvalue weighted by molar-refractivity contribution is 5.84. The summed E-state index contributed by atoms with van der Waals surface area (Å²) in [6.07, 6.45) is 2.66. The lowest BCUT2D eigenvalue weighted by molar-refractivity contribution is 0.486. The van der Waals surface area contributed by atoms with Crippen LogP contribution in [0.15, 0.2) is 47.3 Å². The van der Waals surface area contributed by atoms with Crippen molar-refractivity contribution in [3.05, 3.63) is 75.1 Å². The van der Waals surface area contributed by atoms with E-state index in [0.717, 1.165) is 58.2 Å². The summed E-state index contributed by atoms with van der Waals surface area (Å²) in [5, 5.41) is 1.14. The summed E-state index contributed by atoms with van der Waals surface area (Å²) >= 11 is 0. The highest BCUT2D eigenvalue weighted by Crippen LogP contribution is 2.44. The first kappa shape index (κ1) is 16.5. The van der Waals surface area contributed by atoms with Crippen molar-refractivity contribution in [3.63, 3.8) is 0 Å². The SMILES string of the molecule is C=C1CCc2c(cc3n(c2=O)Cc2cc4cc(C)ccc4nc2-3)[C@@]1(C)CC. The van der Waals surface area contributed by atoms with Crippen LogP contribution in [0.3, 0.4) is 0 Å². The van der Waals surface area contributed by atoms with Crippen LogP contribution in [-0.4, -0.2) is 9.55 Å². The second-order valence-electron chi connectivity index (χ2n) is 8.29. The van der Waals surface area contributed by atoms with E-state index in [1.165, 1.54) is 11.1 Å². The van der Waals surface area contributed by atoms with Gasteiger partial charge < -0.3 is 4.57 Å². The van der Waals surface area contributed by atoms with Crippen LogP contribution in [-0.2, 0) is 18.4 Å². The minimum atomic E-state index is -0.126. The molecule has 2 aromatic heterocycles. The number of hydrogen-bond acceptors (Lipinski definition) is 2. The number of aromatic nitrogens is 2. The van der Waals surface area contributed by atoms with E-state index in [4.69, 9.17) is 4.98 Å². The van der Waals surface area contributed by atoms with Gasteiger partial charge in [0.2, 0.25) is 0 Å². The lowest BCUT2D eigenvalue weighted by atomic mass is 9.67. The first-order valence-corrected chi connectivity index (χ1v) is 9.78. The third kappa shape index (κ3) is 2.14. The molecule has 1 atom stereocenters. The van der Waals surface area contributed by atoms with E-state index in [2.05, 4.69) is 57.7 Å². The van der Waals surface area contributed by atoms with Crippen LogP contribution in [0.25, 0.3) is 22.3 Å². The van der Waals surface area contributed by atoms with Gasteiger partial charge in [0.05, 0.1) is 23.4 Å². The van der Waals surface area contributed by atoms with Gasteiger partial charge in [-0.3, -0.25) is 4.79 Å². The summed E-state index contributed by atoms with van der Waals surface area (Å²) in [6.45, 7) is 11.5. The molecule has 3 nitrogen and oxygen atoms in total. The number of aryl methyl sites for hydroxylation is 1. The molecule has 1 aromatic carbocycles. The third-order valence-electron chi connectivity index (χ3n) is 6.78. The molecule has 2 aliphatic rings. The minimum Gasteiger partial charge on any atom is -0.302 e. The summed E-state index contributed by atoms with van der Waals surface area (Å²) in [5.41, 5.74) is 8.69. The molecule has 0 fully saturated rings. The maximum Gasteiger partial charge on any atom is 0.254 e. The zero-order chi connectivity index (χ0) is 18.9. The Balaban J connectivity index is 1.80. The van der Waals surface area contributed by atoms with Crippen molar-refractivity contribution in [2.24, 2.45) is 0 Å². The first-order valence-electron chi connectivity index (χ1n) is 9.78. The normalized spacial score (nSPS) is 20.5. The molecule has 0 unspecified atom stereocenters. The molecule has 27 heavy (non-hydrogen) atoms. The Morgan fingerprint density at radius 2 is 2.04 bits per heavy atom. The van der Waals surface area contributed by atoms with Crippen LogP contribution in [0.1, 0.15) is 48.9 Å². The molecule has 5 rings (SSSR count). The van der Waals surface area contributed by atoms with Gasteiger partial charge in [-0.25, -0.2) is 4.98 Å². The van der Waals surface area contributed by atoms with Crippen LogP contribution >= 0.6 is 0 Å². The number of benzene rings is 1. The molecule has 1 aliphatic heterocycles. The average molecular weight is 356 g/mol. The van der Waals surface area contributed by atoms with Crippen molar-refractivity contribution in [2.75, 3.05) is 0 Å². The van der Waals surface area contributed by atoms with Gasteiger partial charge in [0.15, 0.2) is 0 Å². The Bertz CT molecular complexity index is 1200. The fourth-order valence-electron chi connectivity index (χ4n) is 4.81. The lowest BCUT2D eigenvalue weighted by Crippen LogP contribution is -2.36. The van der Waals surface area contributed by atoms with Crippen molar-refractivity contribution >= 4 is 10.9 Å². The Morgan fingerprint density at radius 3 is 2.81 bits per heavy atom. The molecule has 0 spiro atoms. The molecule has 0 saturated carbocycles. The standard InChI is InChI=1S/C24H24N2O/c1-5-24(4)15(3)7-8-18-19(24)12-21-22-17(13-26(21)23(18)27)11-16-10-14(2)6-9-20(16)25-22/h6,9-12H,3,5,7-8,13H2,1-2,4H3/t24-/m0/s1. The molecule has 3 heterocycles. The predicted molar refractivity (Wildman–Crippen MR) is 110 cm³/mol. The van der Waals surface area contributed by atoms with Gasteiger partial charge >= 0.3 is 0 Å². The van der Waals surface area contributed by atoms with E-state index in [1.54, 1.807) is 0 Å². The Hall–Kier alpha value is -2.68. The maximum absolute atomic E-state index is 13.3. The van der Waals surface area contributed by atoms with E-state index < -0.39 is 0 Å². The van der Waals surface area contributed by atoms with Crippen molar-refractivity contribution in [2.45, 2.75) is 52.0 Å². The fourth-order valence-corrected chi connectivity index (χ4v) is 4.81. The summed E-state index contributed by atoms with van der Waals surface area (Å²) in [5.74, 6) is 0. The van der Waals surface area contributed by atoms with Crippen LogP contribution in [0.5, 0.6) is 0 Å². The second kappa shape index (κ2) is 5.41. The second-order valence-corrected chi connectivity index (χ2v) is 8.29. The number of hydrogen-bond donors (Lipinski definition) is 0. The first-order chi connectivity index (χ1) is 12.9. The quantitative estimate of drug-likeness (QED) is 0.455. The van der Waals surface area contributed by atoms with E-state index in [0.29, 0.717) is 6.54 Å². The van der Waals surface area contributed by atoms with Gasteiger partial charge in [-0.05, 0) is 56.0 Å². The molecule has 0 bridgehead atoms. The van der Waals surface area contributed by atoms with Gasteiger partial charge in [0, 0.05) is 21.9 Å². The summed E-state index contributed by atoms with van der Waals surface area (Å²) < 4.78 is 1.92. The largest absolute Gasteiger partial charge is 0.302 e. The summed E-state index contributed by atoms with van der Waals surface area (Å²) in [7, 11) is 0. The van der Waals surface area contributed by atoms with Gasteiger partial charge in [-0.2, -0.15) is 0 Å². The smallest absolute Gasteiger partial charge is 0.254 e. The van der Waals surface area contributed by atoms with E-state index >= 15 is 0 Å². The Morgan fingerprint density at radius 1 is 1.22 bits per heavy atom. The zero-order valence-corrected chi connectivity index (χ0v) is 16.2. The fraction of sp³-hybridized carbons (Fsp3) is 0.333. The molecule has 136 valence electrons. The van der Waals surface area contributed by atoms with E-state index in [9.17, 15) is 4.79 Å². The molecule has 0 N–H and O–H groups in total. The molecular weight excluding hydrogens is 332 g/mol. The van der Waals surface area contributed by atoms with Gasteiger partial charge in [0.25, 0.3) is 5.56 Å². The van der Waals surface area contributed by atoms with Gasteiger partial charge in [-0.1, -0.05) is 37.6 Å². The van der Waals surface area contributed by atoms with Crippen LogP contribution < -0.4 is 5.56 Å². The maximum atomic E-state index is 13.3. The molecule has 0 radical (unpaired) electrons. The number of pyridine rings is 2. The van der Waals surface area contributed by atoms with Crippen molar-refractivity contribution in [1.29, 1.82) is 0 Å². The highest BCUT2D eigenvalue weighted by atomic mass is 16.1. The highest BCUT2D eigenvalue weighted by Gasteiger charge is 2.37.